The first-order chi connectivity index (χ1) is 14.2. The molecule has 1 fully saturated rings. The van der Waals surface area contributed by atoms with E-state index in [1.165, 1.54) is 0 Å². The lowest BCUT2D eigenvalue weighted by molar-refractivity contribution is 0.0161. The van der Waals surface area contributed by atoms with Crippen LogP contribution in [0.1, 0.15) is 56.1 Å². The largest absolute Gasteiger partial charge is 0.444 e. The molecule has 0 bridgehead atoms. The van der Waals surface area contributed by atoms with Crippen molar-refractivity contribution >= 4 is 12.0 Å². The summed E-state index contributed by atoms with van der Waals surface area (Å²) < 4.78 is 7.26. The Labute approximate surface area is 178 Å². The molecule has 7 heteroatoms. The smallest absolute Gasteiger partial charge is 0.410 e. The summed E-state index contributed by atoms with van der Waals surface area (Å²) in [7, 11) is 0. The molecule has 2 amide bonds. The number of amides is 2. The fourth-order valence-electron chi connectivity index (χ4n) is 3.74. The van der Waals surface area contributed by atoms with Gasteiger partial charge in [-0.2, -0.15) is 5.10 Å². The Hall–Kier alpha value is -2.83. The number of carbonyl (C=O) groups is 2. The molecule has 2 aromatic rings. The van der Waals surface area contributed by atoms with E-state index in [4.69, 9.17) is 4.74 Å². The van der Waals surface area contributed by atoms with E-state index in [9.17, 15) is 9.59 Å². The number of carbonyl (C=O) groups excluding carboxylic acids is 2. The summed E-state index contributed by atoms with van der Waals surface area (Å²) in [6.07, 6.45) is 4.21. The normalized spacial score (nSPS) is 16.9. The second-order valence-corrected chi connectivity index (χ2v) is 8.87. The predicted molar refractivity (Wildman–Crippen MR) is 116 cm³/mol. The molecule has 1 aromatic carbocycles. The summed E-state index contributed by atoms with van der Waals surface area (Å²) in [5.74, 6) is 0.245. The summed E-state index contributed by atoms with van der Waals surface area (Å²) in [5, 5.41) is 7.37. The molecule has 1 aliphatic rings. The number of nitrogens with one attached hydrogen (secondary N) is 1. The van der Waals surface area contributed by atoms with Crippen molar-refractivity contribution in [2.24, 2.45) is 5.92 Å². The average Bonchev–Trinajstić information content (AvgIpc) is 3.09. The fraction of sp³-hybridized carbons (Fsp3) is 0.522. The van der Waals surface area contributed by atoms with Gasteiger partial charge in [0.15, 0.2) is 0 Å². The van der Waals surface area contributed by atoms with Gasteiger partial charge in [-0.05, 0) is 65.0 Å². The van der Waals surface area contributed by atoms with Gasteiger partial charge in [-0.3, -0.25) is 4.79 Å². The van der Waals surface area contributed by atoms with E-state index in [2.05, 4.69) is 10.4 Å². The topological polar surface area (TPSA) is 76.5 Å². The lowest BCUT2D eigenvalue weighted by Gasteiger charge is -2.34. The van der Waals surface area contributed by atoms with Crippen molar-refractivity contribution in [3.05, 3.63) is 47.8 Å². The molecule has 1 saturated heterocycles. The first-order valence-electron chi connectivity index (χ1n) is 10.6. The van der Waals surface area contributed by atoms with Gasteiger partial charge < -0.3 is 15.0 Å². The highest BCUT2D eigenvalue weighted by atomic mass is 16.6. The molecule has 1 N–H and O–H groups in total. The van der Waals surface area contributed by atoms with Crippen LogP contribution >= 0.6 is 0 Å². The van der Waals surface area contributed by atoms with Crippen LogP contribution in [0.15, 0.2) is 36.5 Å². The van der Waals surface area contributed by atoms with Gasteiger partial charge in [-0.25, -0.2) is 9.48 Å². The number of likely N-dealkylation sites (tertiary alicyclic amines) is 1. The van der Waals surface area contributed by atoms with Crippen LogP contribution in [0.4, 0.5) is 4.79 Å². The minimum absolute atomic E-state index is 0.116. The molecule has 1 unspecified atom stereocenters. The van der Waals surface area contributed by atoms with Gasteiger partial charge in [0.05, 0.1) is 23.1 Å². The van der Waals surface area contributed by atoms with Crippen molar-refractivity contribution < 1.29 is 14.3 Å². The van der Waals surface area contributed by atoms with Crippen molar-refractivity contribution in [3.8, 4) is 5.69 Å². The van der Waals surface area contributed by atoms with Crippen LogP contribution in [0, 0.1) is 12.8 Å². The first-order valence-corrected chi connectivity index (χ1v) is 10.6. The Morgan fingerprint density at radius 2 is 1.97 bits per heavy atom. The molecule has 1 aromatic heterocycles. The summed E-state index contributed by atoms with van der Waals surface area (Å²) in [5.41, 5.74) is 1.84. The number of nitrogens with zero attached hydrogens (tertiary/aromatic N) is 3. The number of piperidine rings is 1. The zero-order valence-electron chi connectivity index (χ0n) is 18.4. The Morgan fingerprint density at radius 3 is 2.67 bits per heavy atom. The molecule has 3 rings (SSSR count). The Balaban J connectivity index is 1.50. The fourth-order valence-corrected chi connectivity index (χ4v) is 3.74. The van der Waals surface area contributed by atoms with Crippen LogP contribution in [0.2, 0.25) is 0 Å². The van der Waals surface area contributed by atoms with E-state index in [0.717, 1.165) is 37.2 Å². The Kier molecular flexibility index (Phi) is 6.80. The zero-order valence-corrected chi connectivity index (χ0v) is 18.4. The second kappa shape index (κ2) is 9.32. The van der Waals surface area contributed by atoms with Crippen molar-refractivity contribution in [2.75, 3.05) is 19.6 Å². The summed E-state index contributed by atoms with van der Waals surface area (Å²) in [6.45, 7) is 9.51. The van der Waals surface area contributed by atoms with Crippen molar-refractivity contribution in [1.29, 1.82) is 0 Å². The molecule has 0 aliphatic carbocycles. The monoisotopic (exact) mass is 412 g/mol. The summed E-state index contributed by atoms with van der Waals surface area (Å²) in [4.78, 5) is 26.7. The quantitative estimate of drug-likeness (QED) is 0.807. The van der Waals surface area contributed by atoms with Crippen LogP contribution in [-0.2, 0) is 4.74 Å². The lowest BCUT2D eigenvalue weighted by Crippen LogP contribution is -2.43. The molecule has 1 atom stereocenters. The van der Waals surface area contributed by atoms with Crippen LogP contribution in [0.3, 0.4) is 0 Å². The second-order valence-electron chi connectivity index (χ2n) is 8.87. The number of rotatable bonds is 5. The van der Waals surface area contributed by atoms with Gasteiger partial charge in [0, 0.05) is 19.6 Å². The maximum absolute atomic E-state index is 12.6. The molecule has 30 heavy (non-hydrogen) atoms. The number of ether oxygens (including phenoxy) is 1. The molecule has 0 spiro atoms. The van der Waals surface area contributed by atoms with Crippen LogP contribution in [-0.4, -0.2) is 51.9 Å². The third kappa shape index (κ3) is 5.62. The zero-order chi connectivity index (χ0) is 21.7. The highest BCUT2D eigenvalue weighted by molar-refractivity contribution is 5.95. The van der Waals surface area contributed by atoms with E-state index >= 15 is 0 Å². The van der Waals surface area contributed by atoms with Gasteiger partial charge in [-0.1, -0.05) is 18.2 Å². The molecular formula is C23H32N4O3. The van der Waals surface area contributed by atoms with Crippen molar-refractivity contribution in [1.82, 2.24) is 20.0 Å². The van der Waals surface area contributed by atoms with Crippen LogP contribution in [0.25, 0.3) is 5.69 Å². The molecule has 0 saturated carbocycles. The molecule has 162 valence electrons. The summed E-state index contributed by atoms with van der Waals surface area (Å²) in [6, 6.07) is 9.76. The van der Waals surface area contributed by atoms with Gasteiger partial charge in [0.2, 0.25) is 0 Å². The average molecular weight is 413 g/mol. The minimum Gasteiger partial charge on any atom is -0.444 e. The van der Waals surface area contributed by atoms with Gasteiger partial charge in [0.1, 0.15) is 5.60 Å². The number of benzene rings is 1. The van der Waals surface area contributed by atoms with E-state index in [1.807, 2.05) is 58.0 Å². The molecule has 2 heterocycles. The molecule has 0 radical (unpaired) electrons. The van der Waals surface area contributed by atoms with Crippen molar-refractivity contribution in [3.63, 3.8) is 0 Å². The number of hydrogen-bond donors (Lipinski definition) is 1. The van der Waals surface area contributed by atoms with Crippen molar-refractivity contribution in [2.45, 2.75) is 52.6 Å². The molecule has 7 nitrogen and oxygen atoms in total. The van der Waals surface area contributed by atoms with Gasteiger partial charge in [-0.15, -0.1) is 0 Å². The maximum Gasteiger partial charge on any atom is 0.410 e. The van der Waals surface area contributed by atoms with E-state index in [0.29, 0.717) is 24.6 Å². The predicted octanol–water partition coefficient (Wildman–Crippen LogP) is 3.95. The summed E-state index contributed by atoms with van der Waals surface area (Å²) >= 11 is 0. The molecule has 1 aliphatic heterocycles. The lowest BCUT2D eigenvalue weighted by atomic mass is 9.95. The van der Waals surface area contributed by atoms with E-state index < -0.39 is 5.60 Å². The third-order valence-corrected chi connectivity index (χ3v) is 5.26. The standard InChI is InChI=1S/C23H32N4O3/c1-17-20(15-25-27(17)19-10-6-5-7-11-19)21(28)24-13-12-18-9-8-14-26(16-18)22(29)30-23(2,3)4/h5-7,10-11,15,18H,8-9,12-14,16H2,1-4H3,(H,24,28). The van der Waals surface area contributed by atoms with Crippen LogP contribution < -0.4 is 5.32 Å². The Bertz CT molecular complexity index is 870. The Morgan fingerprint density at radius 1 is 1.23 bits per heavy atom. The van der Waals surface area contributed by atoms with E-state index in [1.54, 1.807) is 15.8 Å². The molecular weight excluding hydrogens is 380 g/mol. The van der Waals surface area contributed by atoms with Crippen LogP contribution in [0.5, 0.6) is 0 Å². The number of aromatic nitrogens is 2. The van der Waals surface area contributed by atoms with Gasteiger partial charge in [0.25, 0.3) is 5.91 Å². The SMILES string of the molecule is Cc1c(C(=O)NCCC2CCCN(C(=O)OC(C)(C)C)C2)cnn1-c1ccccc1. The van der Waals surface area contributed by atoms with E-state index in [-0.39, 0.29) is 12.0 Å². The minimum atomic E-state index is -0.486. The number of para-hydroxylation sites is 1. The highest BCUT2D eigenvalue weighted by Crippen LogP contribution is 2.21. The maximum atomic E-state index is 12.6. The van der Waals surface area contributed by atoms with Gasteiger partial charge >= 0.3 is 6.09 Å². The third-order valence-electron chi connectivity index (χ3n) is 5.26. The first kappa shape index (κ1) is 21.9. The number of hydrogen-bond acceptors (Lipinski definition) is 4. The highest BCUT2D eigenvalue weighted by Gasteiger charge is 2.27.